The van der Waals surface area contributed by atoms with Gasteiger partial charge in [0.05, 0.1) is 7.11 Å². The van der Waals surface area contributed by atoms with Crippen LogP contribution in [0.15, 0.2) is 22.7 Å². The van der Waals surface area contributed by atoms with E-state index in [0.717, 1.165) is 36.2 Å². The van der Waals surface area contributed by atoms with Crippen molar-refractivity contribution >= 4 is 21.9 Å². The molecule has 0 radical (unpaired) electrons. The summed E-state index contributed by atoms with van der Waals surface area (Å²) in [5.74, 6) is -0.160. The highest BCUT2D eigenvalue weighted by Crippen LogP contribution is 2.32. The normalized spacial score (nSPS) is 18.8. The van der Waals surface area contributed by atoms with Crippen molar-refractivity contribution in [2.24, 2.45) is 0 Å². The van der Waals surface area contributed by atoms with Gasteiger partial charge in [-0.25, -0.2) is 0 Å². The first-order chi connectivity index (χ1) is 9.52. The van der Waals surface area contributed by atoms with E-state index in [0.29, 0.717) is 5.75 Å². The Morgan fingerprint density at radius 2 is 2.00 bits per heavy atom. The minimum Gasteiger partial charge on any atom is -0.497 e. The Hall–Kier alpha value is -1.11. The molecule has 1 atom stereocenters. The van der Waals surface area contributed by atoms with Crippen LogP contribution < -0.4 is 4.74 Å². The fraction of sp³-hybridized carbons (Fsp3) is 0.500. The number of piperazine rings is 1. The summed E-state index contributed by atoms with van der Waals surface area (Å²) in [6.07, 6.45) is 0. The van der Waals surface area contributed by atoms with Gasteiger partial charge in [0.1, 0.15) is 11.8 Å². The van der Waals surface area contributed by atoms with Gasteiger partial charge in [0.2, 0.25) is 0 Å². The minimum atomic E-state index is -0.830. The molecule has 6 heteroatoms. The Bertz CT molecular complexity index is 487. The zero-order chi connectivity index (χ0) is 14.7. The molecule has 0 saturated carbocycles. The van der Waals surface area contributed by atoms with E-state index >= 15 is 0 Å². The van der Waals surface area contributed by atoms with E-state index in [2.05, 4.69) is 27.9 Å². The van der Waals surface area contributed by atoms with Crippen molar-refractivity contribution < 1.29 is 14.6 Å². The van der Waals surface area contributed by atoms with E-state index in [4.69, 9.17) is 4.74 Å². The molecule has 0 amide bonds. The van der Waals surface area contributed by atoms with Crippen LogP contribution in [-0.4, -0.2) is 61.2 Å². The van der Waals surface area contributed by atoms with E-state index in [-0.39, 0.29) is 0 Å². The first-order valence-electron chi connectivity index (χ1n) is 6.51. The number of ether oxygens (including phenoxy) is 1. The molecule has 1 aliphatic rings. The second-order valence-corrected chi connectivity index (χ2v) is 5.82. The molecule has 20 heavy (non-hydrogen) atoms. The Kier molecular flexibility index (Phi) is 5.01. The fourth-order valence-electron chi connectivity index (χ4n) is 2.42. The topological polar surface area (TPSA) is 53.0 Å². The maximum Gasteiger partial charge on any atom is 0.325 e. The molecule has 1 heterocycles. The third kappa shape index (κ3) is 3.31. The Labute approximate surface area is 127 Å². The van der Waals surface area contributed by atoms with Crippen LogP contribution in [0.2, 0.25) is 0 Å². The Morgan fingerprint density at radius 3 is 2.55 bits per heavy atom. The zero-order valence-corrected chi connectivity index (χ0v) is 13.3. The number of carbonyl (C=O) groups is 1. The van der Waals surface area contributed by atoms with E-state index in [1.54, 1.807) is 13.2 Å². The highest BCUT2D eigenvalue weighted by Gasteiger charge is 2.31. The lowest BCUT2D eigenvalue weighted by Gasteiger charge is -2.36. The number of hydrogen-bond acceptors (Lipinski definition) is 4. The Balaban J connectivity index is 2.31. The van der Waals surface area contributed by atoms with Crippen LogP contribution in [0.4, 0.5) is 0 Å². The van der Waals surface area contributed by atoms with Crippen LogP contribution >= 0.6 is 15.9 Å². The molecule has 1 aromatic rings. The second kappa shape index (κ2) is 6.56. The molecule has 1 unspecified atom stereocenters. The smallest absolute Gasteiger partial charge is 0.325 e. The molecule has 2 rings (SSSR count). The molecule has 1 N–H and O–H groups in total. The zero-order valence-electron chi connectivity index (χ0n) is 11.7. The van der Waals surface area contributed by atoms with E-state index in [1.165, 1.54) is 0 Å². The predicted octanol–water partition coefficient (Wildman–Crippen LogP) is 1.83. The molecular weight excluding hydrogens is 324 g/mol. The average Bonchev–Trinajstić information content (AvgIpc) is 2.43. The maximum absolute atomic E-state index is 11.7. The quantitative estimate of drug-likeness (QED) is 0.904. The lowest BCUT2D eigenvalue weighted by Crippen LogP contribution is -2.47. The minimum absolute atomic E-state index is 0.645. The number of aliphatic carboxylic acids is 1. The molecule has 110 valence electrons. The van der Waals surface area contributed by atoms with Crippen molar-refractivity contribution in [3.8, 4) is 5.75 Å². The summed E-state index contributed by atoms with van der Waals surface area (Å²) in [5, 5.41) is 9.62. The Morgan fingerprint density at radius 1 is 1.35 bits per heavy atom. The lowest BCUT2D eigenvalue weighted by atomic mass is 10.0. The molecule has 1 saturated heterocycles. The van der Waals surface area contributed by atoms with E-state index < -0.39 is 12.0 Å². The largest absolute Gasteiger partial charge is 0.497 e. The van der Waals surface area contributed by atoms with Crippen LogP contribution in [0.25, 0.3) is 0 Å². The SMILES string of the molecule is COc1ccc(Br)c(C(C(=O)O)N2CCN(C)CC2)c1. The second-order valence-electron chi connectivity index (χ2n) is 4.97. The highest BCUT2D eigenvalue weighted by molar-refractivity contribution is 9.10. The van der Waals surface area contributed by atoms with Crippen LogP contribution in [0.1, 0.15) is 11.6 Å². The first-order valence-corrected chi connectivity index (χ1v) is 7.31. The number of rotatable bonds is 4. The van der Waals surface area contributed by atoms with Crippen molar-refractivity contribution in [3.63, 3.8) is 0 Å². The van der Waals surface area contributed by atoms with Crippen LogP contribution in [-0.2, 0) is 4.79 Å². The summed E-state index contributed by atoms with van der Waals surface area (Å²) in [7, 11) is 3.63. The number of carboxylic acids is 1. The van der Waals surface area contributed by atoms with Gasteiger partial charge >= 0.3 is 5.97 Å². The number of methoxy groups -OCH3 is 1. The summed E-state index contributed by atoms with van der Waals surface area (Å²) in [6, 6.07) is 4.80. The molecule has 1 aromatic carbocycles. The summed E-state index contributed by atoms with van der Waals surface area (Å²) < 4.78 is 6.00. The molecule has 0 aliphatic carbocycles. The van der Waals surface area contributed by atoms with Crippen molar-refractivity contribution in [2.45, 2.75) is 6.04 Å². The van der Waals surface area contributed by atoms with Crippen molar-refractivity contribution in [1.29, 1.82) is 0 Å². The summed E-state index contributed by atoms with van der Waals surface area (Å²) in [5.41, 5.74) is 0.737. The van der Waals surface area contributed by atoms with Crippen LogP contribution in [0, 0.1) is 0 Å². The third-order valence-electron chi connectivity index (χ3n) is 3.63. The number of likely N-dealkylation sites (N-methyl/N-ethyl adjacent to an activating group) is 1. The van der Waals surface area contributed by atoms with Gasteiger partial charge < -0.3 is 14.7 Å². The molecule has 1 aliphatic heterocycles. The van der Waals surface area contributed by atoms with Crippen molar-refractivity contribution in [2.75, 3.05) is 40.3 Å². The number of carboxylic acid groups (broad SMARTS) is 1. The van der Waals surface area contributed by atoms with E-state index in [9.17, 15) is 9.90 Å². The van der Waals surface area contributed by atoms with E-state index in [1.807, 2.05) is 17.0 Å². The molecule has 0 bridgehead atoms. The molecule has 0 spiro atoms. The fourth-order valence-corrected chi connectivity index (χ4v) is 2.89. The predicted molar refractivity (Wildman–Crippen MR) is 80.1 cm³/mol. The van der Waals surface area contributed by atoms with Gasteiger partial charge in [0, 0.05) is 30.7 Å². The van der Waals surface area contributed by atoms with Crippen molar-refractivity contribution in [1.82, 2.24) is 9.80 Å². The van der Waals surface area contributed by atoms with Gasteiger partial charge in [-0.3, -0.25) is 9.69 Å². The lowest BCUT2D eigenvalue weighted by molar-refractivity contribution is -0.144. The van der Waals surface area contributed by atoms with Gasteiger partial charge in [0.25, 0.3) is 0 Å². The molecule has 0 aromatic heterocycles. The number of benzene rings is 1. The van der Waals surface area contributed by atoms with Gasteiger partial charge in [-0.2, -0.15) is 0 Å². The molecular formula is C14H19BrN2O3. The van der Waals surface area contributed by atoms with Gasteiger partial charge in [0.15, 0.2) is 0 Å². The van der Waals surface area contributed by atoms with Gasteiger partial charge in [-0.1, -0.05) is 15.9 Å². The summed E-state index contributed by atoms with van der Waals surface area (Å²) in [4.78, 5) is 15.9. The standard InChI is InChI=1S/C14H19BrN2O3/c1-16-5-7-17(8-6-16)13(14(18)19)11-9-10(20-2)3-4-12(11)15/h3-4,9,13H,5-8H2,1-2H3,(H,18,19). The number of halogens is 1. The monoisotopic (exact) mass is 342 g/mol. The van der Waals surface area contributed by atoms with Gasteiger partial charge in [-0.15, -0.1) is 0 Å². The summed E-state index contributed by atoms with van der Waals surface area (Å²) >= 11 is 3.45. The number of hydrogen-bond donors (Lipinski definition) is 1. The third-order valence-corrected chi connectivity index (χ3v) is 4.36. The highest BCUT2D eigenvalue weighted by atomic mass is 79.9. The number of nitrogens with zero attached hydrogens (tertiary/aromatic N) is 2. The average molecular weight is 343 g/mol. The molecule has 5 nitrogen and oxygen atoms in total. The maximum atomic E-state index is 11.7. The van der Waals surface area contributed by atoms with Crippen LogP contribution in [0.3, 0.4) is 0 Å². The molecule has 1 fully saturated rings. The summed E-state index contributed by atoms with van der Waals surface area (Å²) in [6.45, 7) is 3.25. The first kappa shape index (κ1) is 15.3. The van der Waals surface area contributed by atoms with Crippen LogP contribution in [0.5, 0.6) is 5.75 Å². The van der Waals surface area contributed by atoms with Crippen molar-refractivity contribution in [3.05, 3.63) is 28.2 Å². The van der Waals surface area contributed by atoms with Gasteiger partial charge in [-0.05, 0) is 30.8 Å².